The Morgan fingerprint density at radius 2 is 0.950 bits per heavy atom. The summed E-state index contributed by atoms with van der Waals surface area (Å²) in [4.78, 5) is 0. The van der Waals surface area contributed by atoms with E-state index in [1.807, 2.05) is 0 Å². The molecule has 0 amide bonds. The Hall–Kier alpha value is -6.76. The van der Waals surface area contributed by atoms with Gasteiger partial charge in [-0.15, -0.1) is 0 Å². The quantitative estimate of drug-likeness (QED) is 0.157. The van der Waals surface area contributed by atoms with Crippen LogP contribution in [0.2, 0.25) is 0 Å². The van der Waals surface area contributed by atoms with E-state index in [0.717, 1.165) is 6.42 Å². The van der Waals surface area contributed by atoms with Crippen LogP contribution in [-0.2, 0) is 10.8 Å². The molecule has 0 heterocycles. The van der Waals surface area contributed by atoms with E-state index in [-0.39, 0.29) is 16.7 Å². The Kier molecular flexibility index (Phi) is 7.55. The van der Waals surface area contributed by atoms with E-state index >= 15 is 0 Å². The van der Waals surface area contributed by atoms with Crippen molar-refractivity contribution in [1.29, 1.82) is 0 Å². The monoisotopic (exact) mass is 766 g/mol. The molecule has 0 nitrogen and oxygen atoms in total. The summed E-state index contributed by atoms with van der Waals surface area (Å²) in [6.07, 6.45) is 8.28. The number of rotatable bonds is 4. The molecule has 0 aromatic heterocycles. The van der Waals surface area contributed by atoms with Crippen molar-refractivity contribution in [2.45, 2.75) is 50.9 Å². The molecule has 0 heteroatoms. The van der Waals surface area contributed by atoms with E-state index in [1.165, 1.54) is 116 Å². The number of allylic oxidation sites excluding steroid dienone is 4. The number of fused-ring (bicyclic) bond motifs is 9. The van der Waals surface area contributed by atoms with Gasteiger partial charge >= 0.3 is 0 Å². The lowest BCUT2D eigenvalue weighted by Crippen LogP contribution is -2.15. The molecular formula is C60H46. The average Bonchev–Trinajstić information content (AvgIpc) is 3.65. The molecular weight excluding hydrogens is 721 g/mol. The minimum absolute atomic E-state index is 0.106. The van der Waals surface area contributed by atoms with Crippen LogP contribution < -0.4 is 0 Å². The summed E-state index contributed by atoms with van der Waals surface area (Å²) < 4.78 is 0. The van der Waals surface area contributed by atoms with E-state index in [4.69, 9.17) is 0 Å². The highest BCUT2D eigenvalue weighted by Crippen LogP contribution is 2.56. The van der Waals surface area contributed by atoms with Gasteiger partial charge in [0.05, 0.1) is 0 Å². The summed E-state index contributed by atoms with van der Waals surface area (Å²) in [5.41, 5.74) is 19.9. The summed E-state index contributed by atoms with van der Waals surface area (Å²) in [5, 5.41) is 7.97. The SMILES string of the molecule is CC1(C)c2ccccc2-c2cc3c(C4C=CC(c5ccccc5)=CC4)c4cc5c(cc4c(-c4ccccc4)c3cc21)C(C)(C)c1cc(-c2ccc3ccccc3c2)ccc1-5. The highest BCUT2D eigenvalue weighted by molar-refractivity contribution is 6.18. The minimum atomic E-state index is -0.186. The van der Waals surface area contributed by atoms with Crippen molar-refractivity contribution in [3.8, 4) is 44.5 Å². The van der Waals surface area contributed by atoms with Gasteiger partial charge in [-0.05, 0) is 159 Å². The first-order valence-corrected chi connectivity index (χ1v) is 21.6. The molecule has 3 aliphatic rings. The smallest absolute Gasteiger partial charge is 0.0159 e. The lowest BCUT2D eigenvalue weighted by Gasteiger charge is -2.27. The maximum Gasteiger partial charge on any atom is 0.0159 e. The zero-order valence-corrected chi connectivity index (χ0v) is 34.7. The molecule has 0 saturated heterocycles. The topological polar surface area (TPSA) is 0 Å². The predicted molar refractivity (Wildman–Crippen MR) is 256 cm³/mol. The third kappa shape index (κ3) is 5.10. The van der Waals surface area contributed by atoms with Crippen LogP contribution in [-0.4, -0.2) is 0 Å². The lowest BCUT2D eigenvalue weighted by atomic mass is 9.76. The van der Waals surface area contributed by atoms with E-state index in [9.17, 15) is 0 Å². The molecule has 0 aliphatic heterocycles. The largest absolute Gasteiger partial charge is 0.0760 e. The van der Waals surface area contributed by atoms with Crippen molar-refractivity contribution >= 4 is 37.9 Å². The summed E-state index contributed by atoms with van der Waals surface area (Å²) in [7, 11) is 0. The van der Waals surface area contributed by atoms with Crippen LogP contribution in [0.3, 0.4) is 0 Å². The maximum absolute atomic E-state index is 2.59. The standard InChI is InChI=1S/C60H46/c1-59(2)53-22-14-13-21-45(53)47-33-49-51(35-55(47)59)57(40-18-9-6-10-19-40)52-36-56-48(34-50(52)58(49)41-26-23-39(24-27-41)37-15-7-5-8-16-37)46-30-29-44(32-54(46)60(56,3)4)43-28-25-38-17-11-12-20-42(38)31-43/h5-26,28-36,41H,27H2,1-4H3. The summed E-state index contributed by atoms with van der Waals surface area (Å²) >= 11 is 0. The Bertz CT molecular complexity index is 3320. The number of benzene rings is 9. The molecule has 0 spiro atoms. The van der Waals surface area contributed by atoms with Crippen molar-refractivity contribution in [1.82, 2.24) is 0 Å². The van der Waals surface area contributed by atoms with Gasteiger partial charge in [0, 0.05) is 16.7 Å². The van der Waals surface area contributed by atoms with Gasteiger partial charge in [0.2, 0.25) is 0 Å². The fourth-order valence-corrected chi connectivity index (χ4v) is 11.2. The molecule has 0 radical (unpaired) electrons. The highest BCUT2D eigenvalue weighted by Gasteiger charge is 2.39. The van der Waals surface area contributed by atoms with Crippen molar-refractivity contribution in [2.24, 2.45) is 0 Å². The molecule has 60 heavy (non-hydrogen) atoms. The van der Waals surface area contributed by atoms with Crippen LogP contribution >= 0.6 is 0 Å². The van der Waals surface area contributed by atoms with E-state index in [0.29, 0.717) is 0 Å². The molecule has 9 aromatic carbocycles. The summed E-state index contributed by atoms with van der Waals surface area (Å²) in [5.74, 6) is 0.220. The van der Waals surface area contributed by atoms with Gasteiger partial charge in [-0.2, -0.15) is 0 Å². The van der Waals surface area contributed by atoms with Crippen molar-refractivity contribution in [2.75, 3.05) is 0 Å². The van der Waals surface area contributed by atoms with Gasteiger partial charge in [0.25, 0.3) is 0 Å². The Labute approximate surface area is 353 Å². The Morgan fingerprint density at radius 3 is 1.63 bits per heavy atom. The second kappa shape index (κ2) is 12.9. The van der Waals surface area contributed by atoms with Gasteiger partial charge in [0.1, 0.15) is 0 Å². The van der Waals surface area contributed by atoms with E-state index in [2.05, 4.69) is 216 Å². The van der Waals surface area contributed by atoms with Gasteiger partial charge in [0.15, 0.2) is 0 Å². The first kappa shape index (κ1) is 35.2. The van der Waals surface area contributed by atoms with Crippen molar-refractivity contribution < 1.29 is 0 Å². The minimum Gasteiger partial charge on any atom is -0.0760 e. The summed E-state index contributed by atoms with van der Waals surface area (Å²) in [6.45, 7) is 9.69. The van der Waals surface area contributed by atoms with Crippen LogP contribution in [0.15, 0.2) is 188 Å². The van der Waals surface area contributed by atoms with Crippen LogP contribution in [0.4, 0.5) is 0 Å². The van der Waals surface area contributed by atoms with E-state index < -0.39 is 0 Å². The van der Waals surface area contributed by atoms with Gasteiger partial charge < -0.3 is 0 Å². The molecule has 0 saturated carbocycles. The van der Waals surface area contributed by atoms with Gasteiger partial charge in [-0.1, -0.05) is 179 Å². The molecule has 286 valence electrons. The second-order valence-corrected chi connectivity index (χ2v) is 18.4. The molecule has 12 rings (SSSR count). The second-order valence-electron chi connectivity index (χ2n) is 18.4. The molecule has 0 fully saturated rings. The maximum atomic E-state index is 2.59. The molecule has 9 aromatic rings. The molecule has 3 aliphatic carbocycles. The average molecular weight is 767 g/mol. The van der Waals surface area contributed by atoms with Crippen LogP contribution in [0, 0.1) is 0 Å². The Morgan fingerprint density at radius 1 is 0.400 bits per heavy atom. The number of hydrogen-bond donors (Lipinski definition) is 0. The molecule has 1 atom stereocenters. The van der Waals surface area contributed by atoms with Gasteiger partial charge in [-0.3, -0.25) is 0 Å². The first-order valence-electron chi connectivity index (χ1n) is 21.6. The highest BCUT2D eigenvalue weighted by atomic mass is 14.4. The Balaban J connectivity index is 1.14. The molecule has 0 bridgehead atoms. The predicted octanol–water partition coefficient (Wildman–Crippen LogP) is 16.2. The zero-order chi connectivity index (χ0) is 40.3. The molecule has 1 unspecified atom stereocenters. The van der Waals surface area contributed by atoms with Crippen molar-refractivity contribution in [3.63, 3.8) is 0 Å². The third-order valence-corrected chi connectivity index (χ3v) is 14.4. The van der Waals surface area contributed by atoms with Crippen LogP contribution in [0.5, 0.6) is 0 Å². The third-order valence-electron chi connectivity index (χ3n) is 14.4. The zero-order valence-electron chi connectivity index (χ0n) is 34.7. The van der Waals surface area contributed by atoms with Crippen LogP contribution in [0.1, 0.15) is 73.4 Å². The molecule has 0 N–H and O–H groups in total. The van der Waals surface area contributed by atoms with E-state index in [1.54, 1.807) is 0 Å². The first-order chi connectivity index (χ1) is 29.3. The van der Waals surface area contributed by atoms with Crippen LogP contribution in [0.25, 0.3) is 82.4 Å². The fourth-order valence-electron chi connectivity index (χ4n) is 11.2. The van der Waals surface area contributed by atoms with Gasteiger partial charge in [-0.25, -0.2) is 0 Å². The lowest BCUT2D eigenvalue weighted by molar-refractivity contribution is 0.661. The number of hydrogen-bond acceptors (Lipinski definition) is 0. The normalized spacial score (nSPS) is 16.7. The van der Waals surface area contributed by atoms with Crippen molar-refractivity contribution in [3.05, 3.63) is 221 Å². The fraction of sp³-hybridized carbons (Fsp3) is 0.133. The summed E-state index contributed by atoms with van der Waals surface area (Å²) in [6, 6.07) is 64.2.